The van der Waals surface area contributed by atoms with Crippen LogP contribution in [0.25, 0.3) is 15.9 Å². The van der Waals surface area contributed by atoms with Crippen LogP contribution in [0.4, 0.5) is 10.2 Å². The number of fused-ring (bicyclic) bond motifs is 1. The second-order valence-electron chi connectivity index (χ2n) is 8.00. The minimum absolute atomic E-state index is 0.00789. The fraction of sp³-hybridized carbons (Fsp3) is 0.304. The van der Waals surface area contributed by atoms with Crippen molar-refractivity contribution in [3.05, 3.63) is 63.4 Å². The number of nitrogens with zero attached hydrogens (tertiary/aromatic N) is 5. The quantitative estimate of drug-likeness (QED) is 0.574. The predicted molar refractivity (Wildman–Crippen MR) is 126 cm³/mol. The number of carbonyl (C=O) groups is 1. The van der Waals surface area contributed by atoms with E-state index in [4.69, 9.17) is 0 Å². The van der Waals surface area contributed by atoms with E-state index < -0.39 is 0 Å². The highest BCUT2D eigenvalue weighted by Crippen LogP contribution is 2.34. The zero-order valence-corrected chi connectivity index (χ0v) is 18.5. The molecule has 0 saturated carbocycles. The maximum atomic E-state index is 13.6. The average molecular weight is 465 g/mol. The minimum Gasteiger partial charge on any atom is -0.336 e. The Bertz CT molecular complexity index is 1290. The van der Waals surface area contributed by atoms with Crippen molar-refractivity contribution in [1.82, 2.24) is 20.2 Å². The monoisotopic (exact) mass is 464 g/mol. The Morgan fingerprint density at radius 1 is 1.30 bits per heavy atom. The number of amides is 1. The first-order valence-corrected chi connectivity index (χ1v) is 11.6. The summed E-state index contributed by atoms with van der Waals surface area (Å²) < 4.78 is 14.0. The summed E-state index contributed by atoms with van der Waals surface area (Å²) in [5.41, 5.74) is 2.31. The van der Waals surface area contributed by atoms with E-state index in [2.05, 4.69) is 25.5 Å². The molecule has 1 saturated heterocycles. The van der Waals surface area contributed by atoms with Crippen LogP contribution in [0.15, 0.2) is 45.9 Å². The first-order chi connectivity index (χ1) is 16.1. The predicted octanol–water partition coefficient (Wildman–Crippen LogP) is 4.09. The summed E-state index contributed by atoms with van der Waals surface area (Å²) in [6.07, 6.45) is 5.97. The van der Waals surface area contributed by atoms with E-state index in [1.807, 2.05) is 12.1 Å². The molecule has 33 heavy (non-hydrogen) atoms. The number of allylic oxidation sites excluding steroid dienone is 1. The zero-order chi connectivity index (χ0) is 22.8. The van der Waals surface area contributed by atoms with Crippen molar-refractivity contribution in [2.45, 2.75) is 25.3 Å². The lowest BCUT2D eigenvalue weighted by Gasteiger charge is -2.33. The molecule has 3 aromatic rings. The van der Waals surface area contributed by atoms with Crippen molar-refractivity contribution >= 4 is 45.2 Å². The maximum absolute atomic E-state index is 13.6. The summed E-state index contributed by atoms with van der Waals surface area (Å²) in [5, 5.41) is 8.19. The molecule has 8 nitrogen and oxygen atoms in total. The third-order valence-corrected chi connectivity index (χ3v) is 6.69. The van der Waals surface area contributed by atoms with E-state index in [1.165, 1.54) is 23.5 Å². The van der Waals surface area contributed by atoms with E-state index in [9.17, 15) is 14.1 Å². The number of carbonyl (C=O) groups excluding carboxylic acids is 1. The van der Waals surface area contributed by atoms with Crippen molar-refractivity contribution < 1.29 is 9.18 Å². The third kappa shape index (κ3) is 4.44. The summed E-state index contributed by atoms with van der Waals surface area (Å²) in [5.74, 6) is -0.113. The van der Waals surface area contributed by atoms with Crippen LogP contribution in [0.5, 0.6) is 0 Å². The highest BCUT2D eigenvalue weighted by atomic mass is 32.1. The molecular weight excluding hydrogens is 443 g/mol. The molecular formula is C23H21FN6O2S. The number of halogens is 1. The fourth-order valence-corrected chi connectivity index (χ4v) is 5.06. The Kier molecular flexibility index (Phi) is 6.01. The highest BCUT2D eigenvalue weighted by molar-refractivity contribution is 7.18. The van der Waals surface area contributed by atoms with Gasteiger partial charge in [-0.15, -0.1) is 16.2 Å². The van der Waals surface area contributed by atoms with Crippen molar-refractivity contribution in [2.75, 3.05) is 19.6 Å². The first kappa shape index (κ1) is 21.5. The molecule has 2 aromatic heterocycles. The number of hydrogen-bond acceptors (Lipinski definition) is 8. The Hall–Kier alpha value is -3.37. The smallest absolute Gasteiger partial charge is 0.257 e. The van der Waals surface area contributed by atoms with E-state index >= 15 is 0 Å². The Morgan fingerprint density at radius 2 is 2.21 bits per heavy atom. The number of hydrogen-bond donors (Lipinski definition) is 1. The van der Waals surface area contributed by atoms with Crippen LogP contribution >= 0.6 is 11.3 Å². The van der Waals surface area contributed by atoms with Crippen LogP contribution < -0.4 is 5.32 Å². The van der Waals surface area contributed by atoms with Crippen LogP contribution in [0.2, 0.25) is 0 Å². The number of benzene rings is 1. The molecule has 1 atom stereocenters. The largest absolute Gasteiger partial charge is 0.336 e. The molecule has 0 aliphatic carbocycles. The zero-order valence-electron chi connectivity index (χ0n) is 17.7. The van der Waals surface area contributed by atoms with Gasteiger partial charge in [-0.2, -0.15) is 0 Å². The van der Waals surface area contributed by atoms with Crippen molar-refractivity contribution in [1.29, 1.82) is 0 Å². The number of aliphatic imine (C=N–C) groups is 1. The van der Waals surface area contributed by atoms with E-state index in [0.29, 0.717) is 53.4 Å². The van der Waals surface area contributed by atoms with Crippen molar-refractivity contribution in [3.63, 3.8) is 0 Å². The van der Waals surface area contributed by atoms with Crippen LogP contribution in [0.3, 0.4) is 0 Å². The molecule has 1 N–H and O–H groups in total. The molecule has 4 heterocycles. The summed E-state index contributed by atoms with van der Waals surface area (Å²) in [4.78, 5) is 39.9. The summed E-state index contributed by atoms with van der Waals surface area (Å²) in [7, 11) is 0. The van der Waals surface area contributed by atoms with Gasteiger partial charge in [-0.1, -0.05) is 18.2 Å². The standard InChI is InChI=1S/C23H21FN6O2S/c24-15-5-3-4-14(10-15)11-16-12-30(9-8-25-16)23(31)17-13-33-20-19(17)27-21(28-22(20)29-32)18-6-1-2-7-26-18/h3-7,10,13,16,25H,1-2,8-9,11-12H2/t16-/m1/s1. The Morgan fingerprint density at radius 3 is 3.00 bits per heavy atom. The van der Waals surface area contributed by atoms with Crippen LogP contribution in [0.1, 0.15) is 34.6 Å². The molecule has 1 aromatic carbocycles. The number of thiophene rings is 1. The molecule has 2 aliphatic rings. The van der Waals surface area contributed by atoms with Gasteiger partial charge in [-0.25, -0.2) is 14.4 Å². The topological polar surface area (TPSA) is 99.9 Å². The molecule has 168 valence electrons. The second kappa shape index (κ2) is 9.24. The Labute approximate surface area is 193 Å². The number of rotatable bonds is 5. The van der Waals surface area contributed by atoms with Gasteiger partial charge in [0.2, 0.25) is 5.82 Å². The third-order valence-electron chi connectivity index (χ3n) is 5.72. The van der Waals surface area contributed by atoms with Crippen molar-refractivity contribution in [3.8, 4) is 0 Å². The molecule has 0 bridgehead atoms. The molecule has 1 amide bonds. The SMILES string of the molecule is O=Nc1nc(C2=CCCC=N2)nc2c(C(=O)N3CCN[C@H](Cc4cccc(F)c4)C3)csc12. The first-order valence-electron chi connectivity index (χ1n) is 10.7. The van der Waals surface area contributed by atoms with E-state index in [0.717, 1.165) is 18.4 Å². The normalized spacial score (nSPS) is 18.4. The number of piperazine rings is 1. The molecule has 10 heteroatoms. The number of nitrogens with one attached hydrogen (secondary N) is 1. The molecule has 1 fully saturated rings. The maximum Gasteiger partial charge on any atom is 0.257 e. The molecule has 0 unspecified atom stereocenters. The van der Waals surface area contributed by atoms with Crippen LogP contribution in [-0.2, 0) is 6.42 Å². The van der Waals surface area contributed by atoms with E-state index in [-0.39, 0.29) is 23.6 Å². The fourth-order valence-electron chi connectivity index (χ4n) is 4.16. The molecule has 5 rings (SSSR count). The van der Waals surface area contributed by atoms with Gasteiger partial charge in [-0.3, -0.25) is 9.79 Å². The van der Waals surface area contributed by atoms with E-state index in [1.54, 1.807) is 22.6 Å². The minimum atomic E-state index is -0.270. The van der Waals surface area contributed by atoms with Crippen LogP contribution in [0, 0.1) is 10.7 Å². The second-order valence-corrected chi connectivity index (χ2v) is 8.88. The highest BCUT2D eigenvalue weighted by Gasteiger charge is 2.28. The Balaban J connectivity index is 1.42. The van der Waals surface area contributed by atoms with Gasteiger partial charge in [0, 0.05) is 37.3 Å². The summed E-state index contributed by atoms with van der Waals surface area (Å²) in [6.45, 7) is 1.66. The van der Waals surface area contributed by atoms with Crippen molar-refractivity contribution in [2.24, 2.45) is 10.2 Å². The summed E-state index contributed by atoms with van der Waals surface area (Å²) >= 11 is 1.24. The lowest BCUT2D eigenvalue weighted by atomic mass is 10.0. The number of aromatic nitrogens is 2. The van der Waals surface area contributed by atoms with Crippen LogP contribution in [-0.4, -0.2) is 52.7 Å². The lowest BCUT2D eigenvalue weighted by molar-refractivity contribution is 0.0705. The molecule has 2 aliphatic heterocycles. The van der Waals surface area contributed by atoms with Gasteiger partial charge in [0.15, 0.2) is 5.82 Å². The summed E-state index contributed by atoms with van der Waals surface area (Å²) in [6, 6.07) is 6.52. The van der Waals surface area contributed by atoms with Gasteiger partial charge in [0.25, 0.3) is 5.91 Å². The molecule has 0 radical (unpaired) electrons. The number of nitroso groups, excluding NO2 is 1. The van der Waals surface area contributed by atoms with Gasteiger partial charge < -0.3 is 10.2 Å². The van der Waals surface area contributed by atoms with Gasteiger partial charge in [0.05, 0.1) is 5.56 Å². The lowest BCUT2D eigenvalue weighted by Crippen LogP contribution is -2.53. The average Bonchev–Trinajstić information content (AvgIpc) is 3.28. The molecule has 0 spiro atoms. The van der Waals surface area contributed by atoms with Gasteiger partial charge in [-0.05, 0) is 42.1 Å². The van der Waals surface area contributed by atoms with Gasteiger partial charge >= 0.3 is 0 Å². The van der Waals surface area contributed by atoms with Gasteiger partial charge in [0.1, 0.15) is 21.7 Å².